The molecule has 2 aromatic carbocycles. The Morgan fingerprint density at radius 2 is 1.04 bits per heavy atom. The second-order valence-corrected chi connectivity index (χ2v) is 15.6. The number of rotatable bonds is 10. The van der Waals surface area contributed by atoms with Crippen LogP contribution in [0, 0.1) is 25.7 Å². The first kappa shape index (κ1) is 35.9. The summed E-state index contributed by atoms with van der Waals surface area (Å²) in [5.41, 5.74) is 6.02. The van der Waals surface area contributed by atoms with E-state index >= 15 is 0 Å². The quantitative estimate of drug-likeness (QED) is 0.137. The fraction of sp³-hybridized carbons (Fsp3) is 0.409. The lowest BCUT2D eigenvalue weighted by atomic mass is 9.94. The summed E-state index contributed by atoms with van der Waals surface area (Å²) in [6, 6.07) is 12.3. The van der Waals surface area contributed by atoms with Gasteiger partial charge in [-0.25, -0.2) is 29.3 Å². The second kappa shape index (κ2) is 15.4. The fourth-order valence-electron chi connectivity index (χ4n) is 8.30. The van der Waals surface area contributed by atoms with Crippen LogP contribution in [0.4, 0.5) is 0 Å². The molecular weight excluding hydrogens is 701 g/mol. The van der Waals surface area contributed by atoms with Gasteiger partial charge in [0.05, 0.1) is 49.6 Å². The number of aryl methyl sites for hydroxylation is 4. The summed E-state index contributed by atoms with van der Waals surface area (Å²) >= 11 is 0. The molecule has 6 heterocycles. The number of aromatic nitrogens is 10. The summed E-state index contributed by atoms with van der Waals surface area (Å²) in [6.45, 7) is 5.94. The van der Waals surface area contributed by atoms with Gasteiger partial charge in [0.15, 0.2) is 11.6 Å². The van der Waals surface area contributed by atoms with Crippen LogP contribution in [0.5, 0.6) is 11.5 Å². The van der Waals surface area contributed by atoms with E-state index in [1.54, 1.807) is 26.9 Å². The van der Waals surface area contributed by atoms with Gasteiger partial charge in [-0.1, -0.05) is 24.3 Å². The lowest BCUT2D eigenvalue weighted by Gasteiger charge is -2.21. The van der Waals surface area contributed by atoms with Gasteiger partial charge < -0.3 is 18.6 Å². The summed E-state index contributed by atoms with van der Waals surface area (Å²) < 4.78 is 19.4. The Morgan fingerprint density at radius 3 is 1.41 bits per heavy atom. The van der Waals surface area contributed by atoms with Crippen LogP contribution < -0.4 is 9.47 Å². The number of fused-ring (bicyclic) bond motifs is 2. The van der Waals surface area contributed by atoms with Gasteiger partial charge in [-0.2, -0.15) is 10.2 Å². The van der Waals surface area contributed by atoms with Crippen molar-refractivity contribution in [3.05, 3.63) is 107 Å². The van der Waals surface area contributed by atoms with E-state index in [4.69, 9.17) is 29.6 Å². The van der Waals surface area contributed by atoms with Crippen molar-refractivity contribution in [2.45, 2.75) is 90.1 Å². The number of imidazole rings is 2. The maximum atomic E-state index is 5.60. The summed E-state index contributed by atoms with van der Waals surface area (Å²) in [5, 5.41) is 9.42. The van der Waals surface area contributed by atoms with Gasteiger partial charge in [-0.05, 0) is 125 Å². The summed E-state index contributed by atoms with van der Waals surface area (Å²) in [7, 11) is 3.39. The Morgan fingerprint density at radius 1 is 0.589 bits per heavy atom. The minimum Gasteiger partial charge on any atom is -0.495 e. The van der Waals surface area contributed by atoms with Crippen LogP contribution in [0.15, 0.2) is 61.4 Å². The van der Waals surface area contributed by atoms with Crippen LogP contribution in [0.3, 0.4) is 0 Å². The zero-order valence-corrected chi connectivity index (χ0v) is 32.8. The summed E-state index contributed by atoms with van der Waals surface area (Å²) in [5.74, 6) is 8.51. The average molecular weight is 751 g/mol. The highest BCUT2D eigenvalue weighted by Gasteiger charge is 2.38. The molecule has 288 valence electrons. The largest absolute Gasteiger partial charge is 0.495 e. The molecular formula is C44H50N10O2. The average Bonchev–Trinajstić information content (AvgIpc) is 4.06. The highest BCUT2D eigenvalue weighted by atomic mass is 16.5. The molecule has 10 rings (SSSR count). The van der Waals surface area contributed by atoms with Crippen LogP contribution in [-0.4, -0.2) is 62.9 Å². The normalized spacial score (nSPS) is 19.1. The van der Waals surface area contributed by atoms with Crippen LogP contribution in [0.1, 0.15) is 109 Å². The molecule has 2 aliphatic heterocycles. The Labute approximate surface area is 328 Å². The van der Waals surface area contributed by atoms with Gasteiger partial charge in [-0.15, -0.1) is 0 Å². The van der Waals surface area contributed by atoms with Gasteiger partial charge in [0, 0.05) is 37.3 Å². The molecule has 6 aromatic rings. The van der Waals surface area contributed by atoms with Crippen molar-refractivity contribution in [2.75, 3.05) is 14.2 Å². The molecule has 0 spiro atoms. The Hall–Kier alpha value is -5.78. The van der Waals surface area contributed by atoms with Crippen LogP contribution in [0.2, 0.25) is 0 Å². The molecule has 0 saturated heterocycles. The molecule has 2 aliphatic carbocycles. The molecule has 2 saturated carbocycles. The van der Waals surface area contributed by atoms with Crippen molar-refractivity contribution in [1.82, 2.24) is 48.6 Å². The first-order valence-electron chi connectivity index (χ1n) is 20.1. The van der Waals surface area contributed by atoms with E-state index in [1.807, 2.05) is 71.8 Å². The minimum atomic E-state index is 0.612. The fourth-order valence-corrected chi connectivity index (χ4v) is 8.30. The number of hydrogen-bond acceptors (Lipinski definition) is 8. The number of hydrogen-bond donors (Lipinski definition) is 0. The van der Waals surface area contributed by atoms with Crippen LogP contribution >= 0.6 is 0 Å². The van der Waals surface area contributed by atoms with Gasteiger partial charge in [0.25, 0.3) is 0 Å². The molecule has 0 unspecified atom stereocenters. The predicted octanol–water partition coefficient (Wildman–Crippen LogP) is 8.48. The van der Waals surface area contributed by atoms with Gasteiger partial charge in [-0.3, -0.25) is 0 Å². The van der Waals surface area contributed by atoms with Gasteiger partial charge in [0.1, 0.15) is 23.1 Å². The molecule has 4 aromatic heterocycles. The van der Waals surface area contributed by atoms with Crippen molar-refractivity contribution < 1.29 is 9.47 Å². The first-order valence-corrected chi connectivity index (χ1v) is 20.1. The second-order valence-electron chi connectivity index (χ2n) is 15.6. The summed E-state index contributed by atoms with van der Waals surface area (Å²) in [6.07, 6.45) is 26.1. The SMILES string of the molecule is COc1cc(/C=C/c2nc3n(n2)CCC[C@@H]3C2CC2)ccc1-n1cnc(C)c1.COc1cc(/C=C/c2nc3n(n2)CCC[C@H]3C2CC2)ccc1-n1cnc(C)c1. The number of benzene rings is 2. The zero-order valence-electron chi connectivity index (χ0n) is 32.8. The molecule has 4 aliphatic rings. The molecule has 0 amide bonds. The van der Waals surface area contributed by atoms with Crippen LogP contribution in [0.25, 0.3) is 35.7 Å². The van der Waals surface area contributed by atoms with Crippen molar-refractivity contribution in [1.29, 1.82) is 0 Å². The molecule has 0 N–H and O–H groups in total. The maximum Gasteiger partial charge on any atom is 0.174 e. The van der Waals surface area contributed by atoms with E-state index < -0.39 is 0 Å². The lowest BCUT2D eigenvalue weighted by molar-refractivity contribution is 0.389. The van der Waals surface area contributed by atoms with Crippen molar-refractivity contribution >= 4 is 24.3 Å². The highest BCUT2D eigenvalue weighted by Crippen LogP contribution is 2.47. The van der Waals surface area contributed by atoms with E-state index in [-0.39, 0.29) is 0 Å². The zero-order chi connectivity index (χ0) is 38.2. The van der Waals surface area contributed by atoms with Crippen molar-refractivity contribution in [3.63, 3.8) is 0 Å². The molecule has 2 fully saturated rings. The highest BCUT2D eigenvalue weighted by molar-refractivity contribution is 5.70. The third-order valence-electron chi connectivity index (χ3n) is 11.5. The maximum absolute atomic E-state index is 5.60. The van der Waals surface area contributed by atoms with Crippen molar-refractivity contribution in [2.24, 2.45) is 11.8 Å². The molecule has 12 nitrogen and oxygen atoms in total. The topological polar surface area (TPSA) is 116 Å². The van der Waals surface area contributed by atoms with E-state index in [0.717, 1.165) is 82.0 Å². The molecule has 2 atom stereocenters. The standard InChI is InChI=1S/2C22H25N5O/c2*1-15-13-26(14-23-15)19-9-5-16(12-20(19)28-2)6-10-21-24-22-18(17-7-8-17)4-3-11-27(22)25-21/h2*5-6,9-10,12-14,17-18H,3-4,7-8,11H2,1-2H3/b2*10-6+/t2*18-/m10/s1. The molecule has 12 heteroatoms. The Bertz CT molecular complexity index is 2220. The van der Waals surface area contributed by atoms with E-state index in [9.17, 15) is 0 Å². The third-order valence-corrected chi connectivity index (χ3v) is 11.5. The number of methoxy groups -OCH3 is 2. The van der Waals surface area contributed by atoms with E-state index in [1.165, 1.54) is 63.0 Å². The van der Waals surface area contributed by atoms with E-state index in [0.29, 0.717) is 11.8 Å². The lowest BCUT2D eigenvalue weighted by Crippen LogP contribution is -2.18. The Balaban J connectivity index is 0.000000146. The van der Waals surface area contributed by atoms with Crippen molar-refractivity contribution in [3.8, 4) is 22.9 Å². The minimum absolute atomic E-state index is 0.612. The third kappa shape index (κ3) is 7.69. The van der Waals surface area contributed by atoms with Crippen LogP contribution in [-0.2, 0) is 13.1 Å². The van der Waals surface area contributed by atoms with Gasteiger partial charge in [0.2, 0.25) is 0 Å². The number of nitrogens with zero attached hydrogens (tertiary/aromatic N) is 10. The first-order chi connectivity index (χ1) is 27.4. The number of ether oxygens (including phenoxy) is 2. The molecule has 0 bridgehead atoms. The van der Waals surface area contributed by atoms with Gasteiger partial charge >= 0.3 is 0 Å². The molecule has 0 radical (unpaired) electrons. The monoisotopic (exact) mass is 750 g/mol. The Kier molecular flexibility index (Phi) is 9.87. The smallest absolute Gasteiger partial charge is 0.174 e. The predicted molar refractivity (Wildman–Crippen MR) is 217 cm³/mol. The van der Waals surface area contributed by atoms with E-state index in [2.05, 4.69) is 43.6 Å². The summed E-state index contributed by atoms with van der Waals surface area (Å²) in [4.78, 5) is 18.3. The molecule has 56 heavy (non-hydrogen) atoms.